The fourth-order valence-electron chi connectivity index (χ4n) is 12.1. The van der Waals surface area contributed by atoms with Crippen molar-refractivity contribution in [2.45, 2.75) is 89.8 Å². The second-order valence-electron chi connectivity index (χ2n) is 16.9. The topological polar surface area (TPSA) is 73.9 Å². The Bertz CT molecular complexity index is 1990. The SMILES string of the molecule is C[C@]12CC[C@H]3[C@]4(C=C[C@@]5(C=C4C(=O)c4ccc(-c6cc(C(F)(F)F)ccc6Cl)o4)CC(O)CC[C@]35C)[C@@H]1CC[C@@]2(O)CN1Cc2ccccc2C1. The molecule has 2 aromatic carbocycles. The minimum Gasteiger partial charge on any atom is -0.453 e. The van der Waals surface area contributed by atoms with Crippen LogP contribution in [0.25, 0.3) is 11.3 Å². The summed E-state index contributed by atoms with van der Waals surface area (Å²) in [6, 6.07) is 14.6. The second kappa shape index (κ2) is 10.9. The number of fused-ring (bicyclic) bond motifs is 2. The maximum absolute atomic E-state index is 15.0. The number of furan rings is 1. The number of benzene rings is 2. The van der Waals surface area contributed by atoms with Crippen molar-refractivity contribution in [3.8, 4) is 11.3 Å². The summed E-state index contributed by atoms with van der Waals surface area (Å²) in [5.74, 6) is -0.0831. The zero-order valence-corrected chi connectivity index (χ0v) is 29.7. The molecule has 0 saturated heterocycles. The first-order chi connectivity index (χ1) is 24.1. The number of halogens is 4. The molecular formula is C42H43ClF3NO4. The number of hydrogen-bond donors (Lipinski definition) is 2. The normalized spacial score (nSPS) is 38.2. The predicted molar refractivity (Wildman–Crippen MR) is 188 cm³/mol. The van der Waals surface area contributed by atoms with Gasteiger partial charge in [0.1, 0.15) is 5.76 Å². The van der Waals surface area contributed by atoms with Crippen LogP contribution in [0.1, 0.15) is 86.0 Å². The average molecular weight is 718 g/mol. The van der Waals surface area contributed by atoms with Gasteiger partial charge in [0.25, 0.3) is 0 Å². The Morgan fingerprint density at radius 3 is 2.35 bits per heavy atom. The van der Waals surface area contributed by atoms with Gasteiger partial charge in [0, 0.05) is 47.0 Å². The van der Waals surface area contributed by atoms with Crippen LogP contribution in [0.4, 0.5) is 13.2 Å². The molecule has 3 saturated carbocycles. The van der Waals surface area contributed by atoms with Crippen molar-refractivity contribution in [1.82, 2.24) is 4.90 Å². The zero-order chi connectivity index (χ0) is 35.8. The highest BCUT2D eigenvalue weighted by Gasteiger charge is 2.74. The fourth-order valence-corrected chi connectivity index (χ4v) is 12.3. The average Bonchev–Trinajstić information content (AvgIpc) is 3.80. The Hall–Kier alpha value is -3.17. The number of aliphatic hydroxyl groups is 2. The third kappa shape index (κ3) is 4.55. The van der Waals surface area contributed by atoms with Gasteiger partial charge in [0.05, 0.1) is 22.3 Å². The predicted octanol–water partition coefficient (Wildman–Crippen LogP) is 9.41. The molecule has 2 N–H and O–H groups in total. The molecule has 1 aliphatic heterocycles. The van der Waals surface area contributed by atoms with Gasteiger partial charge in [-0.05, 0) is 104 Å². The Morgan fingerprint density at radius 1 is 0.941 bits per heavy atom. The van der Waals surface area contributed by atoms with Gasteiger partial charge >= 0.3 is 6.18 Å². The fraction of sp³-hybridized carbons (Fsp3) is 0.500. The molecule has 8 atom stereocenters. The van der Waals surface area contributed by atoms with Gasteiger partial charge in [-0.25, -0.2) is 0 Å². The first kappa shape index (κ1) is 33.7. The van der Waals surface area contributed by atoms with Crippen LogP contribution < -0.4 is 0 Å². The van der Waals surface area contributed by atoms with E-state index >= 15 is 0 Å². The second-order valence-corrected chi connectivity index (χ2v) is 17.3. The lowest BCUT2D eigenvalue weighted by atomic mass is 9.32. The number of carbonyl (C=O) groups is 1. The minimum absolute atomic E-state index is 0.0282. The molecule has 6 aliphatic carbocycles. The van der Waals surface area contributed by atoms with Gasteiger partial charge in [-0.3, -0.25) is 9.69 Å². The van der Waals surface area contributed by atoms with Gasteiger partial charge in [-0.15, -0.1) is 0 Å². The van der Waals surface area contributed by atoms with E-state index in [1.807, 2.05) is 0 Å². The highest BCUT2D eigenvalue weighted by Crippen LogP contribution is 2.78. The van der Waals surface area contributed by atoms with Crippen LogP contribution in [-0.4, -0.2) is 39.1 Å². The van der Waals surface area contributed by atoms with Crippen LogP contribution in [-0.2, 0) is 19.3 Å². The Morgan fingerprint density at radius 2 is 1.63 bits per heavy atom. The number of ketones is 1. The first-order valence-electron chi connectivity index (χ1n) is 18.3. The molecule has 0 amide bonds. The number of β-amino-alcohol motifs (C(OH)–C–C–N with tert-alkyl or cyclic N) is 1. The summed E-state index contributed by atoms with van der Waals surface area (Å²) in [5, 5.41) is 23.9. The van der Waals surface area contributed by atoms with Crippen LogP contribution in [0.2, 0.25) is 5.02 Å². The lowest BCUT2D eigenvalue weighted by Gasteiger charge is -2.71. The van der Waals surface area contributed by atoms with E-state index in [1.165, 1.54) is 29.3 Å². The van der Waals surface area contributed by atoms with Crippen LogP contribution in [0.15, 0.2) is 82.8 Å². The summed E-state index contributed by atoms with van der Waals surface area (Å²) in [4.78, 5) is 17.3. The van der Waals surface area contributed by atoms with E-state index in [9.17, 15) is 28.2 Å². The summed E-state index contributed by atoms with van der Waals surface area (Å²) < 4.78 is 47.0. The molecule has 1 unspecified atom stereocenters. The van der Waals surface area contributed by atoms with Crippen molar-refractivity contribution in [3.05, 3.63) is 106 Å². The largest absolute Gasteiger partial charge is 0.453 e. The molecule has 51 heavy (non-hydrogen) atoms. The quantitative estimate of drug-likeness (QED) is 0.203. The van der Waals surface area contributed by atoms with Crippen molar-refractivity contribution < 1.29 is 32.6 Å². The molecule has 1 aromatic heterocycles. The monoisotopic (exact) mass is 717 g/mol. The van der Waals surface area contributed by atoms with Crippen molar-refractivity contribution >= 4 is 17.4 Å². The van der Waals surface area contributed by atoms with E-state index in [1.54, 1.807) is 0 Å². The number of carbonyl (C=O) groups excluding carboxylic acids is 1. The molecule has 10 rings (SSSR count). The van der Waals surface area contributed by atoms with E-state index in [0.29, 0.717) is 31.4 Å². The van der Waals surface area contributed by atoms with Crippen molar-refractivity contribution in [1.29, 1.82) is 0 Å². The first-order valence-corrected chi connectivity index (χ1v) is 18.7. The van der Waals surface area contributed by atoms with Gasteiger partial charge in [-0.1, -0.05) is 67.9 Å². The number of hydrogen-bond acceptors (Lipinski definition) is 5. The number of Topliss-reactive ketones (excluding diaryl/α,β-unsaturated/α-hetero) is 1. The highest BCUT2D eigenvalue weighted by atomic mass is 35.5. The van der Waals surface area contributed by atoms with Gasteiger partial charge in [0.15, 0.2) is 5.76 Å². The van der Waals surface area contributed by atoms with E-state index in [2.05, 4.69) is 61.2 Å². The molecule has 3 fully saturated rings. The number of allylic oxidation sites excluding steroid dienone is 4. The van der Waals surface area contributed by atoms with E-state index < -0.39 is 39.7 Å². The van der Waals surface area contributed by atoms with Gasteiger partial charge < -0.3 is 14.6 Å². The number of aliphatic hydroxyl groups excluding tert-OH is 1. The molecule has 5 nitrogen and oxygen atoms in total. The van der Waals surface area contributed by atoms with E-state index in [0.717, 1.165) is 50.9 Å². The maximum atomic E-state index is 15.0. The van der Waals surface area contributed by atoms with Crippen LogP contribution in [0.5, 0.6) is 0 Å². The zero-order valence-electron chi connectivity index (χ0n) is 28.9. The number of rotatable bonds is 5. The Labute approximate surface area is 301 Å². The summed E-state index contributed by atoms with van der Waals surface area (Å²) in [7, 11) is 0. The smallest absolute Gasteiger partial charge is 0.416 e. The highest BCUT2D eigenvalue weighted by molar-refractivity contribution is 6.33. The summed E-state index contributed by atoms with van der Waals surface area (Å²) in [5.41, 5.74) is -0.393. The molecule has 7 aliphatic rings. The molecule has 3 aromatic rings. The van der Waals surface area contributed by atoms with Crippen molar-refractivity contribution in [2.24, 2.45) is 33.5 Å². The summed E-state index contributed by atoms with van der Waals surface area (Å²) in [6.07, 6.45) is 6.71. The molecule has 0 radical (unpaired) electrons. The third-order valence-electron chi connectivity index (χ3n) is 14.7. The molecule has 9 heteroatoms. The molecule has 2 heterocycles. The summed E-state index contributed by atoms with van der Waals surface area (Å²) >= 11 is 6.37. The third-order valence-corrected chi connectivity index (χ3v) is 15.1. The number of alkyl halides is 3. The van der Waals surface area contributed by atoms with Crippen LogP contribution >= 0.6 is 11.6 Å². The molecule has 2 bridgehead atoms. The van der Waals surface area contributed by atoms with Crippen LogP contribution in [0, 0.1) is 33.5 Å². The van der Waals surface area contributed by atoms with E-state index in [4.69, 9.17) is 16.0 Å². The Kier molecular flexibility index (Phi) is 7.22. The lowest BCUT2D eigenvalue weighted by molar-refractivity contribution is -0.176. The van der Waals surface area contributed by atoms with E-state index in [-0.39, 0.29) is 45.1 Å². The van der Waals surface area contributed by atoms with Crippen LogP contribution in [0.3, 0.4) is 0 Å². The van der Waals surface area contributed by atoms with Crippen molar-refractivity contribution in [3.63, 3.8) is 0 Å². The van der Waals surface area contributed by atoms with Gasteiger partial charge in [0.2, 0.25) is 5.78 Å². The minimum atomic E-state index is -4.57. The lowest BCUT2D eigenvalue weighted by Crippen LogP contribution is -2.67. The maximum Gasteiger partial charge on any atom is 0.416 e. The van der Waals surface area contributed by atoms with Crippen molar-refractivity contribution in [2.75, 3.05) is 6.54 Å². The summed E-state index contributed by atoms with van der Waals surface area (Å²) in [6.45, 7) is 6.73. The molecule has 268 valence electrons. The molecular weight excluding hydrogens is 675 g/mol. The standard InChI is InChI=1S/C42H43ClF3NO4/c1-37-14-11-28(48)20-39(37)17-18-41(30(21-39)36(49)33-10-9-32(51-33)29-19-27(42(44,45)46)7-8-31(29)43)34(37)12-15-38(2)35(41)13-16-40(38,50)24-47-22-25-5-3-4-6-26(25)23-47/h3-10,17-19,21,28,34-35,48,50H,11-16,20,22-24H2,1-2H3/t28?,34-,35-,37-,38+,39+,40-,41-/m1/s1. The number of nitrogens with zero attached hydrogens (tertiary/aromatic N) is 1. The molecule has 2 spiro atoms. The van der Waals surface area contributed by atoms with Gasteiger partial charge in [-0.2, -0.15) is 13.2 Å². The Balaban J connectivity index is 1.12.